The fraction of sp³-hybridized carbons (Fsp3) is 0.429. The van der Waals surface area contributed by atoms with Crippen molar-refractivity contribution in [1.29, 1.82) is 0 Å². The van der Waals surface area contributed by atoms with Gasteiger partial charge in [-0.1, -0.05) is 18.2 Å². The van der Waals surface area contributed by atoms with E-state index in [1.54, 1.807) is 18.3 Å². The largest absolute Gasteiger partial charge is 0.375 e. The number of pyridine rings is 1. The molecule has 3 N–H and O–H groups in total. The molecule has 2 saturated heterocycles. The van der Waals surface area contributed by atoms with Crippen LogP contribution in [0.25, 0.3) is 0 Å². The van der Waals surface area contributed by atoms with Crippen molar-refractivity contribution in [1.82, 2.24) is 21.2 Å². The van der Waals surface area contributed by atoms with Crippen molar-refractivity contribution in [2.75, 3.05) is 24.6 Å². The molecule has 3 atom stereocenters. The van der Waals surface area contributed by atoms with Crippen molar-refractivity contribution in [2.45, 2.75) is 38.1 Å². The molecular weight excluding hydrogens is 373 g/mol. The molecule has 1 aromatic carbocycles. The SMILES string of the molecule is CC1CN(c2ccc(CNC(=O)C3CC(c4ccc(F)cc4)NN3)cn2)CCO1. The quantitative estimate of drug-likeness (QED) is 0.710. The molecule has 0 spiro atoms. The number of carbonyl (C=O) groups excluding carboxylic acids is 1. The lowest BCUT2D eigenvalue weighted by Crippen LogP contribution is -2.43. The number of ether oxygens (including phenoxy) is 1. The Kier molecular flexibility index (Phi) is 6.03. The summed E-state index contributed by atoms with van der Waals surface area (Å²) in [7, 11) is 0. The van der Waals surface area contributed by atoms with Crippen molar-refractivity contribution < 1.29 is 13.9 Å². The maximum Gasteiger partial charge on any atom is 0.238 e. The van der Waals surface area contributed by atoms with Gasteiger partial charge in [0.2, 0.25) is 5.91 Å². The number of hydrazine groups is 1. The molecule has 1 amide bonds. The Balaban J connectivity index is 1.27. The van der Waals surface area contributed by atoms with Gasteiger partial charge in [0.25, 0.3) is 0 Å². The van der Waals surface area contributed by atoms with Gasteiger partial charge in [-0.05, 0) is 42.7 Å². The Hall–Kier alpha value is -2.55. The molecule has 154 valence electrons. The average molecular weight is 399 g/mol. The van der Waals surface area contributed by atoms with Crippen molar-refractivity contribution in [2.24, 2.45) is 0 Å². The molecule has 2 fully saturated rings. The molecule has 7 nitrogen and oxygen atoms in total. The van der Waals surface area contributed by atoms with Crippen LogP contribution in [0.1, 0.15) is 30.5 Å². The van der Waals surface area contributed by atoms with Crippen LogP contribution in [0.4, 0.5) is 10.2 Å². The minimum Gasteiger partial charge on any atom is -0.375 e. The van der Waals surface area contributed by atoms with Gasteiger partial charge in [0.15, 0.2) is 0 Å². The summed E-state index contributed by atoms with van der Waals surface area (Å²) in [5, 5.41) is 2.95. The highest BCUT2D eigenvalue weighted by Crippen LogP contribution is 2.22. The summed E-state index contributed by atoms with van der Waals surface area (Å²) in [5.41, 5.74) is 8.03. The number of anilines is 1. The van der Waals surface area contributed by atoms with Gasteiger partial charge in [-0.3, -0.25) is 4.79 Å². The Morgan fingerprint density at radius 2 is 2.10 bits per heavy atom. The molecule has 0 saturated carbocycles. The highest BCUT2D eigenvalue weighted by atomic mass is 19.1. The summed E-state index contributed by atoms with van der Waals surface area (Å²) in [5.74, 6) is 0.587. The predicted molar refractivity (Wildman–Crippen MR) is 108 cm³/mol. The molecule has 8 heteroatoms. The summed E-state index contributed by atoms with van der Waals surface area (Å²) in [4.78, 5) is 19.2. The molecule has 29 heavy (non-hydrogen) atoms. The third-order valence-corrected chi connectivity index (χ3v) is 5.33. The fourth-order valence-electron chi connectivity index (χ4n) is 3.69. The monoisotopic (exact) mass is 399 g/mol. The summed E-state index contributed by atoms with van der Waals surface area (Å²) >= 11 is 0. The summed E-state index contributed by atoms with van der Waals surface area (Å²) in [6.45, 7) is 4.86. The summed E-state index contributed by atoms with van der Waals surface area (Å²) in [6.07, 6.45) is 2.61. The zero-order valence-corrected chi connectivity index (χ0v) is 16.4. The second-order valence-corrected chi connectivity index (χ2v) is 7.55. The first-order valence-corrected chi connectivity index (χ1v) is 9.94. The van der Waals surface area contributed by atoms with Gasteiger partial charge >= 0.3 is 0 Å². The standard InChI is InChI=1S/C21H26FN5O2/c1-14-13-27(8-9-29-14)20-7-2-15(11-23-20)12-24-21(28)19-10-18(25-26-19)16-3-5-17(22)6-4-16/h2-7,11,14,18-19,25-26H,8-10,12-13H2,1H3,(H,24,28). The Morgan fingerprint density at radius 1 is 1.28 bits per heavy atom. The highest BCUT2D eigenvalue weighted by Gasteiger charge is 2.30. The Bertz CT molecular complexity index is 830. The average Bonchev–Trinajstić information content (AvgIpc) is 3.23. The van der Waals surface area contributed by atoms with Gasteiger partial charge in [0.1, 0.15) is 17.7 Å². The zero-order chi connectivity index (χ0) is 20.2. The molecule has 2 aliphatic rings. The molecule has 0 radical (unpaired) electrons. The number of halogens is 1. The Labute approximate surface area is 169 Å². The topological polar surface area (TPSA) is 78.5 Å². The van der Waals surface area contributed by atoms with Gasteiger partial charge in [0, 0.05) is 31.9 Å². The van der Waals surface area contributed by atoms with Crippen LogP contribution >= 0.6 is 0 Å². The smallest absolute Gasteiger partial charge is 0.238 e. The number of nitrogens with one attached hydrogen (secondary N) is 3. The number of benzene rings is 1. The minimum absolute atomic E-state index is 0.0248. The number of hydrogen-bond donors (Lipinski definition) is 3. The lowest BCUT2D eigenvalue weighted by molar-refractivity contribution is -0.123. The van der Waals surface area contributed by atoms with Crippen LogP contribution in [0, 0.1) is 5.82 Å². The van der Waals surface area contributed by atoms with Crippen molar-refractivity contribution >= 4 is 11.7 Å². The number of aromatic nitrogens is 1. The lowest BCUT2D eigenvalue weighted by Gasteiger charge is -2.32. The van der Waals surface area contributed by atoms with E-state index in [-0.39, 0.29) is 29.9 Å². The number of rotatable bonds is 5. The molecule has 2 aliphatic heterocycles. The van der Waals surface area contributed by atoms with Crippen molar-refractivity contribution in [3.63, 3.8) is 0 Å². The van der Waals surface area contributed by atoms with Crippen LogP contribution < -0.4 is 21.1 Å². The van der Waals surface area contributed by atoms with Crippen LogP contribution in [0.3, 0.4) is 0 Å². The molecule has 4 rings (SSSR count). The first kappa shape index (κ1) is 19.8. The zero-order valence-electron chi connectivity index (χ0n) is 16.4. The molecular formula is C21H26FN5O2. The third-order valence-electron chi connectivity index (χ3n) is 5.33. The van der Waals surface area contributed by atoms with E-state index in [0.717, 1.165) is 30.0 Å². The van der Waals surface area contributed by atoms with E-state index < -0.39 is 0 Å². The molecule has 0 aliphatic carbocycles. The van der Waals surface area contributed by atoms with Crippen LogP contribution in [0.5, 0.6) is 0 Å². The normalized spacial score (nSPS) is 24.5. The van der Waals surface area contributed by atoms with Crippen molar-refractivity contribution in [3.05, 3.63) is 59.5 Å². The number of morpholine rings is 1. The summed E-state index contributed by atoms with van der Waals surface area (Å²) in [6, 6.07) is 9.94. The Morgan fingerprint density at radius 3 is 2.83 bits per heavy atom. The maximum absolute atomic E-state index is 13.1. The predicted octanol–water partition coefficient (Wildman–Crippen LogP) is 1.67. The van der Waals surface area contributed by atoms with Gasteiger partial charge in [-0.25, -0.2) is 20.2 Å². The van der Waals surface area contributed by atoms with E-state index in [1.807, 2.05) is 12.1 Å². The molecule has 3 unspecified atom stereocenters. The first-order chi connectivity index (χ1) is 14.1. The van der Waals surface area contributed by atoms with Gasteiger partial charge < -0.3 is 15.0 Å². The number of hydrogen-bond acceptors (Lipinski definition) is 6. The molecule has 0 bridgehead atoms. The van der Waals surface area contributed by atoms with E-state index in [0.29, 0.717) is 19.6 Å². The fourth-order valence-corrected chi connectivity index (χ4v) is 3.69. The third kappa shape index (κ3) is 4.90. The van der Waals surface area contributed by atoms with Crippen LogP contribution in [0.2, 0.25) is 0 Å². The van der Waals surface area contributed by atoms with Crippen LogP contribution in [-0.2, 0) is 16.1 Å². The van der Waals surface area contributed by atoms with Gasteiger partial charge in [-0.15, -0.1) is 0 Å². The van der Waals surface area contributed by atoms with E-state index in [2.05, 4.69) is 33.0 Å². The van der Waals surface area contributed by atoms with Gasteiger partial charge in [-0.2, -0.15) is 0 Å². The number of amides is 1. The van der Waals surface area contributed by atoms with E-state index in [9.17, 15) is 9.18 Å². The van der Waals surface area contributed by atoms with E-state index in [4.69, 9.17) is 4.74 Å². The first-order valence-electron chi connectivity index (χ1n) is 9.94. The second-order valence-electron chi connectivity index (χ2n) is 7.55. The summed E-state index contributed by atoms with van der Waals surface area (Å²) < 4.78 is 18.6. The molecule has 3 heterocycles. The van der Waals surface area contributed by atoms with E-state index >= 15 is 0 Å². The van der Waals surface area contributed by atoms with Crippen LogP contribution in [-0.4, -0.2) is 42.7 Å². The highest BCUT2D eigenvalue weighted by molar-refractivity contribution is 5.82. The van der Waals surface area contributed by atoms with Crippen LogP contribution in [0.15, 0.2) is 42.6 Å². The minimum atomic E-state index is -0.341. The number of carbonyl (C=O) groups is 1. The molecule has 2 aromatic rings. The lowest BCUT2D eigenvalue weighted by atomic mass is 10.0. The van der Waals surface area contributed by atoms with E-state index in [1.165, 1.54) is 12.1 Å². The molecule has 1 aromatic heterocycles. The maximum atomic E-state index is 13.1. The van der Waals surface area contributed by atoms with Crippen molar-refractivity contribution in [3.8, 4) is 0 Å². The number of nitrogens with zero attached hydrogens (tertiary/aromatic N) is 2. The second kappa shape index (κ2) is 8.86. The van der Waals surface area contributed by atoms with Gasteiger partial charge in [0.05, 0.1) is 12.7 Å².